The zero-order chi connectivity index (χ0) is 21.6. The highest BCUT2D eigenvalue weighted by atomic mass is 28.4. The number of nitrogens with one attached hydrogen (secondary N) is 1. The zero-order valence-corrected chi connectivity index (χ0v) is 19.6. The summed E-state index contributed by atoms with van der Waals surface area (Å²) in [6.07, 6.45) is 2.19. The van der Waals surface area contributed by atoms with Crippen LogP contribution in [0.5, 0.6) is 0 Å². The van der Waals surface area contributed by atoms with Gasteiger partial charge in [0.15, 0.2) is 8.32 Å². The van der Waals surface area contributed by atoms with Gasteiger partial charge in [0.05, 0.1) is 18.8 Å². The minimum atomic E-state index is -1.97. The van der Waals surface area contributed by atoms with Gasteiger partial charge in [-0.2, -0.15) is 0 Å². The van der Waals surface area contributed by atoms with Crippen molar-refractivity contribution in [1.29, 1.82) is 0 Å². The monoisotopic (exact) mass is 407 g/mol. The molecule has 0 aliphatic rings. The van der Waals surface area contributed by atoms with E-state index >= 15 is 0 Å². The van der Waals surface area contributed by atoms with Crippen molar-refractivity contribution in [2.45, 2.75) is 77.4 Å². The van der Waals surface area contributed by atoms with E-state index in [4.69, 9.17) is 9.16 Å². The van der Waals surface area contributed by atoms with Crippen LogP contribution in [0.1, 0.15) is 53.2 Å². The van der Waals surface area contributed by atoms with Crippen LogP contribution >= 0.6 is 0 Å². The number of ether oxygens (including phenoxy) is 1. The van der Waals surface area contributed by atoms with E-state index < -0.39 is 32.2 Å². The van der Waals surface area contributed by atoms with Crippen LogP contribution < -0.4 is 5.32 Å². The Balaban J connectivity index is 2.88. The molecule has 0 spiro atoms. The predicted molar refractivity (Wildman–Crippen MR) is 117 cm³/mol. The minimum absolute atomic E-state index is 0.0662. The third-order valence-corrected chi connectivity index (χ3v) is 9.30. The number of aliphatic hydroxyl groups is 1. The van der Waals surface area contributed by atoms with Crippen molar-refractivity contribution in [3.05, 3.63) is 48.0 Å². The first-order chi connectivity index (χ1) is 12.7. The average molecular weight is 408 g/mol. The van der Waals surface area contributed by atoms with Crippen LogP contribution in [0, 0.1) is 0 Å². The maximum atomic E-state index is 12.2. The Bertz CT molecular complexity index is 645. The quantitative estimate of drug-likeness (QED) is 0.482. The summed E-state index contributed by atoms with van der Waals surface area (Å²) in [5.41, 5.74) is 0.211. The second kappa shape index (κ2) is 9.72. The van der Waals surface area contributed by atoms with Crippen LogP contribution in [0.3, 0.4) is 0 Å². The lowest BCUT2D eigenvalue weighted by molar-refractivity contribution is 0.0499. The smallest absolute Gasteiger partial charge is 0.408 e. The predicted octanol–water partition coefficient (Wildman–Crippen LogP) is 5.19. The summed E-state index contributed by atoms with van der Waals surface area (Å²) in [5, 5.41) is 13.3. The van der Waals surface area contributed by atoms with Gasteiger partial charge in [0.2, 0.25) is 0 Å². The van der Waals surface area contributed by atoms with Gasteiger partial charge in [-0.1, -0.05) is 63.3 Å². The largest absolute Gasteiger partial charge is 0.444 e. The van der Waals surface area contributed by atoms with Crippen molar-refractivity contribution in [3.8, 4) is 0 Å². The van der Waals surface area contributed by atoms with Crippen LogP contribution in [0.25, 0.3) is 0 Å². The van der Waals surface area contributed by atoms with E-state index in [9.17, 15) is 9.90 Å². The lowest BCUT2D eigenvalue weighted by Gasteiger charge is -2.37. The van der Waals surface area contributed by atoms with Gasteiger partial charge >= 0.3 is 6.09 Å². The van der Waals surface area contributed by atoms with Crippen LogP contribution in [0.2, 0.25) is 18.1 Å². The molecule has 0 saturated heterocycles. The first kappa shape index (κ1) is 24.4. The molecule has 1 amide bonds. The highest BCUT2D eigenvalue weighted by Gasteiger charge is 2.37. The second-order valence-electron chi connectivity index (χ2n) is 9.56. The van der Waals surface area contributed by atoms with Crippen molar-refractivity contribution in [1.82, 2.24) is 5.32 Å². The molecule has 6 heteroatoms. The Morgan fingerprint density at radius 2 is 1.68 bits per heavy atom. The van der Waals surface area contributed by atoms with Crippen LogP contribution in [0.4, 0.5) is 4.79 Å². The number of hydrogen-bond acceptors (Lipinski definition) is 4. The molecule has 5 nitrogen and oxygen atoms in total. The lowest BCUT2D eigenvalue weighted by atomic mass is 10.1. The third-order valence-electron chi connectivity index (χ3n) is 4.80. The molecule has 2 N–H and O–H groups in total. The third kappa shape index (κ3) is 8.58. The fourth-order valence-corrected chi connectivity index (χ4v) is 3.15. The molecule has 0 aliphatic carbocycles. The summed E-state index contributed by atoms with van der Waals surface area (Å²) in [6, 6.07) is 8.98. The molecule has 0 aliphatic heterocycles. The Hall–Kier alpha value is -1.63. The summed E-state index contributed by atoms with van der Waals surface area (Å²) in [4.78, 5) is 12.2. The van der Waals surface area contributed by atoms with E-state index in [1.54, 1.807) is 12.2 Å². The standard InChI is InChI=1S/C22H37NO4Si/c1-21(2,3)27-20(25)23-18(16-26-28(7,8)22(4,5)6)14-15-19(24)17-12-10-9-11-13-17/h9-15,18-19,24H,16H2,1-8H3,(H,23,25)/b15-14-/t18-,19+/m1/s1. The Morgan fingerprint density at radius 3 is 2.18 bits per heavy atom. The molecule has 0 aromatic heterocycles. The SMILES string of the molecule is CC(C)(C)OC(=O)N[C@H](/C=C\[C@H](O)c1ccccc1)CO[Si](C)(C)C(C)(C)C. The summed E-state index contributed by atoms with van der Waals surface area (Å²) >= 11 is 0. The number of rotatable bonds is 7. The van der Waals surface area contributed by atoms with Gasteiger partial charge in [-0.25, -0.2) is 4.79 Å². The van der Waals surface area contributed by atoms with Crippen LogP contribution in [0.15, 0.2) is 42.5 Å². The number of carbonyl (C=O) groups excluding carboxylic acids is 1. The maximum Gasteiger partial charge on any atom is 0.408 e. The summed E-state index contributed by atoms with van der Waals surface area (Å²) in [5.74, 6) is 0. The number of carbonyl (C=O) groups is 1. The number of alkyl carbamates (subject to hydrolysis) is 1. The molecular weight excluding hydrogens is 370 g/mol. The Kier molecular flexibility index (Phi) is 8.47. The van der Waals surface area contributed by atoms with E-state index in [1.165, 1.54) is 0 Å². The summed E-state index contributed by atoms with van der Waals surface area (Å²) in [7, 11) is -1.97. The second-order valence-corrected chi connectivity index (χ2v) is 14.4. The van der Waals surface area contributed by atoms with Crippen LogP contribution in [-0.2, 0) is 9.16 Å². The Labute approximate surface area is 171 Å². The molecule has 2 atom stereocenters. The molecule has 1 aromatic rings. The molecule has 1 rings (SSSR count). The van der Waals surface area contributed by atoms with Crippen molar-refractivity contribution < 1.29 is 19.1 Å². The normalized spacial score (nSPS) is 15.3. The molecule has 28 heavy (non-hydrogen) atoms. The van der Waals surface area contributed by atoms with E-state index in [0.717, 1.165) is 5.56 Å². The zero-order valence-electron chi connectivity index (χ0n) is 18.6. The van der Waals surface area contributed by atoms with Crippen molar-refractivity contribution >= 4 is 14.4 Å². The molecular formula is C22H37NO4Si. The molecule has 1 aromatic carbocycles. The molecule has 0 heterocycles. The fourth-order valence-electron chi connectivity index (χ4n) is 2.12. The fraction of sp³-hybridized carbons (Fsp3) is 0.591. The number of hydrogen-bond donors (Lipinski definition) is 2. The van der Waals surface area contributed by atoms with Gasteiger partial charge in [0.25, 0.3) is 0 Å². The van der Waals surface area contributed by atoms with Crippen molar-refractivity contribution in [2.24, 2.45) is 0 Å². The van der Waals surface area contributed by atoms with Gasteiger partial charge in [0, 0.05) is 0 Å². The molecule has 0 fully saturated rings. The molecule has 0 radical (unpaired) electrons. The van der Waals surface area contributed by atoms with Gasteiger partial charge in [-0.3, -0.25) is 0 Å². The number of aliphatic hydroxyl groups excluding tert-OH is 1. The lowest BCUT2D eigenvalue weighted by Crippen LogP contribution is -2.46. The van der Waals surface area contributed by atoms with E-state index in [2.05, 4.69) is 39.2 Å². The summed E-state index contributed by atoms with van der Waals surface area (Å²) < 4.78 is 11.6. The number of amides is 1. The van der Waals surface area contributed by atoms with Crippen molar-refractivity contribution in [3.63, 3.8) is 0 Å². The Morgan fingerprint density at radius 1 is 1.11 bits per heavy atom. The molecule has 0 saturated carbocycles. The molecule has 158 valence electrons. The first-order valence-electron chi connectivity index (χ1n) is 9.76. The topological polar surface area (TPSA) is 67.8 Å². The highest BCUT2D eigenvalue weighted by Crippen LogP contribution is 2.36. The van der Waals surface area contributed by atoms with Gasteiger partial charge < -0.3 is 19.6 Å². The summed E-state index contributed by atoms with van der Waals surface area (Å²) in [6.45, 7) is 16.6. The van der Waals surface area contributed by atoms with Gasteiger partial charge in [-0.05, 0) is 44.5 Å². The van der Waals surface area contributed by atoms with E-state index in [-0.39, 0.29) is 5.04 Å². The molecule has 0 bridgehead atoms. The van der Waals surface area contributed by atoms with Crippen molar-refractivity contribution in [2.75, 3.05) is 6.61 Å². The van der Waals surface area contributed by atoms with E-state index in [1.807, 2.05) is 51.1 Å². The molecule has 0 unspecified atom stereocenters. The van der Waals surface area contributed by atoms with Crippen LogP contribution in [-0.4, -0.2) is 37.8 Å². The van der Waals surface area contributed by atoms with Gasteiger partial charge in [-0.15, -0.1) is 0 Å². The van der Waals surface area contributed by atoms with Gasteiger partial charge in [0.1, 0.15) is 5.60 Å². The maximum absolute atomic E-state index is 12.2. The minimum Gasteiger partial charge on any atom is -0.444 e. The van der Waals surface area contributed by atoms with E-state index in [0.29, 0.717) is 6.61 Å². The first-order valence-corrected chi connectivity index (χ1v) is 12.7. The average Bonchev–Trinajstić information content (AvgIpc) is 2.55. The number of benzene rings is 1. The highest BCUT2D eigenvalue weighted by molar-refractivity contribution is 6.74.